The highest BCUT2D eigenvalue weighted by atomic mass is 32.2. The van der Waals surface area contributed by atoms with Crippen molar-refractivity contribution in [3.05, 3.63) is 52.6 Å². The summed E-state index contributed by atoms with van der Waals surface area (Å²) in [5.41, 5.74) is 0.658. The lowest BCUT2D eigenvalue weighted by Gasteiger charge is -2.33. The Kier molecular flexibility index (Phi) is 6.50. The van der Waals surface area contributed by atoms with Gasteiger partial charge < -0.3 is 20.1 Å². The van der Waals surface area contributed by atoms with Gasteiger partial charge in [0.1, 0.15) is 5.76 Å². The molecule has 140 valence electrons. The molecule has 0 aromatic heterocycles. The van der Waals surface area contributed by atoms with Gasteiger partial charge in [0.05, 0.1) is 31.8 Å². The van der Waals surface area contributed by atoms with Crippen molar-refractivity contribution in [1.29, 1.82) is 0 Å². The number of ether oxygens (including phenoxy) is 1. The van der Waals surface area contributed by atoms with E-state index in [4.69, 9.17) is 14.9 Å². The van der Waals surface area contributed by atoms with Crippen LogP contribution in [-0.4, -0.2) is 71.6 Å². The molecule has 2 atom stereocenters. The van der Waals surface area contributed by atoms with E-state index in [0.717, 1.165) is 4.90 Å². The van der Waals surface area contributed by atoms with Crippen LogP contribution < -0.4 is 0 Å². The van der Waals surface area contributed by atoms with E-state index in [0.29, 0.717) is 36.7 Å². The number of rotatable bonds is 8. The summed E-state index contributed by atoms with van der Waals surface area (Å²) in [6.07, 6.45) is 2.86. The Morgan fingerprint density at radius 3 is 2.58 bits per heavy atom. The van der Waals surface area contributed by atoms with Gasteiger partial charge >= 0.3 is 0 Å². The Bertz CT molecular complexity index is 712. The van der Waals surface area contributed by atoms with Crippen molar-refractivity contribution in [1.82, 2.24) is 4.90 Å². The zero-order chi connectivity index (χ0) is 18.5. The van der Waals surface area contributed by atoms with Gasteiger partial charge in [-0.2, -0.15) is 0 Å². The van der Waals surface area contributed by atoms with E-state index in [1.807, 2.05) is 23.1 Å². The highest BCUT2D eigenvalue weighted by molar-refractivity contribution is 8.03. The van der Waals surface area contributed by atoms with Crippen molar-refractivity contribution in [3.63, 3.8) is 0 Å². The van der Waals surface area contributed by atoms with Crippen molar-refractivity contribution < 1.29 is 24.9 Å². The molecule has 0 radical (unpaired) electrons. The molecule has 0 amide bonds. The largest absolute Gasteiger partial charge is 0.507 e. The number of ketones is 1. The first kappa shape index (κ1) is 19.1. The van der Waals surface area contributed by atoms with Crippen LogP contribution in [0.1, 0.15) is 10.4 Å². The van der Waals surface area contributed by atoms with Crippen LogP contribution >= 0.6 is 11.8 Å². The van der Waals surface area contributed by atoms with Crippen LogP contribution in [0.25, 0.3) is 0 Å². The maximum absolute atomic E-state index is 13.0. The third-order valence-corrected chi connectivity index (χ3v) is 5.77. The predicted molar refractivity (Wildman–Crippen MR) is 99.3 cm³/mol. The number of carbonyl (C=O) groups is 1. The van der Waals surface area contributed by atoms with Crippen LogP contribution in [0.15, 0.2) is 52.0 Å². The van der Waals surface area contributed by atoms with E-state index < -0.39 is 12.0 Å². The normalized spacial score (nSPS) is 21.9. The van der Waals surface area contributed by atoms with Crippen LogP contribution in [-0.2, 0) is 4.74 Å². The molecule has 0 bridgehead atoms. The fourth-order valence-electron chi connectivity index (χ4n) is 3.20. The zero-order valence-corrected chi connectivity index (χ0v) is 15.2. The van der Waals surface area contributed by atoms with Gasteiger partial charge in [-0.1, -0.05) is 36.0 Å². The molecular weight excluding hydrogens is 354 g/mol. The summed E-state index contributed by atoms with van der Waals surface area (Å²) < 4.78 is 5.94. The number of Topliss-reactive ketones (excluding diaryl/α,β-unsaturated/α-hetero) is 1. The molecule has 6 nitrogen and oxygen atoms in total. The first-order chi connectivity index (χ1) is 12.7. The number of aliphatic hydroxyl groups excluding tert-OH is 3. The second kappa shape index (κ2) is 8.83. The van der Waals surface area contributed by atoms with Crippen molar-refractivity contribution in [2.24, 2.45) is 5.92 Å². The number of thioether (sulfide) groups is 1. The Morgan fingerprint density at radius 1 is 1.12 bits per heavy atom. The highest BCUT2D eigenvalue weighted by Crippen LogP contribution is 2.46. The number of allylic oxidation sites excluding steroid dienone is 1. The molecule has 1 aromatic rings. The average molecular weight is 377 g/mol. The second-order valence-electron chi connectivity index (χ2n) is 6.17. The van der Waals surface area contributed by atoms with Crippen LogP contribution in [0.4, 0.5) is 0 Å². The fraction of sp³-hybridized carbons (Fsp3) is 0.421. The zero-order valence-electron chi connectivity index (χ0n) is 14.4. The standard InChI is InChI=1S/C19H23NO5S/c21-10-7-20(8-11-22)9-12-25-15-6-5-14(23)19-17(15)18(24)13-3-1-2-4-16(13)26-19/h1-6,15,17,21-23H,7-12H2. The molecular formula is C19H23NO5S. The number of fused-ring (bicyclic) bond motifs is 2. The molecule has 1 aliphatic carbocycles. The van der Waals surface area contributed by atoms with Crippen LogP contribution in [0.5, 0.6) is 0 Å². The maximum atomic E-state index is 13.0. The van der Waals surface area contributed by atoms with Gasteiger partial charge in [0.25, 0.3) is 0 Å². The topological polar surface area (TPSA) is 90.2 Å². The molecule has 26 heavy (non-hydrogen) atoms. The Balaban J connectivity index is 1.70. The molecule has 0 saturated heterocycles. The summed E-state index contributed by atoms with van der Waals surface area (Å²) in [5.74, 6) is -0.466. The Morgan fingerprint density at radius 2 is 1.85 bits per heavy atom. The summed E-state index contributed by atoms with van der Waals surface area (Å²) >= 11 is 1.41. The molecule has 0 fully saturated rings. The second-order valence-corrected chi connectivity index (χ2v) is 7.26. The Hall–Kier alpha value is -1.64. The summed E-state index contributed by atoms with van der Waals surface area (Å²) in [6.45, 7) is 1.85. The van der Waals surface area contributed by atoms with E-state index in [1.54, 1.807) is 18.2 Å². The van der Waals surface area contributed by atoms with Crippen molar-refractivity contribution >= 4 is 17.5 Å². The van der Waals surface area contributed by atoms with Gasteiger partial charge in [-0.3, -0.25) is 9.69 Å². The Labute approximate surface area is 156 Å². The molecule has 3 rings (SSSR count). The van der Waals surface area contributed by atoms with Gasteiger partial charge in [0.15, 0.2) is 5.78 Å². The molecule has 3 N–H and O–H groups in total. The van der Waals surface area contributed by atoms with Gasteiger partial charge in [0, 0.05) is 35.0 Å². The van der Waals surface area contributed by atoms with Gasteiger partial charge in [-0.05, 0) is 12.1 Å². The quantitative estimate of drug-likeness (QED) is 0.634. The number of aliphatic hydroxyl groups is 3. The van der Waals surface area contributed by atoms with Gasteiger partial charge in [-0.25, -0.2) is 0 Å². The highest BCUT2D eigenvalue weighted by Gasteiger charge is 2.40. The minimum absolute atomic E-state index is 0.0125. The van der Waals surface area contributed by atoms with Gasteiger partial charge in [-0.15, -0.1) is 0 Å². The smallest absolute Gasteiger partial charge is 0.175 e. The molecule has 7 heteroatoms. The molecule has 0 saturated carbocycles. The first-order valence-corrected chi connectivity index (χ1v) is 9.45. The van der Waals surface area contributed by atoms with E-state index in [9.17, 15) is 9.90 Å². The third kappa shape index (κ3) is 4.02. The summed E-state index contributed by atoms with van der Waals surface area (Å²) in [4.78, 5) is 16.3. The monoisotopic (exact) mass is 377 g/mol. The van der Waals surface area contributed by atoms with Crippen molar-refractivity contribution in [3.8, 4) is 0 Å². The summed E-state index contributed by atoms with van der Waals surface area (Å²) in [5, 5.41) is 28.4. The van der Waals surface area contributed by atoms with Crippen molar-refractivity contribution in [2.45, 2.75) is 11.0 Å². The molecule has 2 unspecified atom stereocenters. The number of benzene rings is 1. The predicted octanol–water partition coefficient (Wildman–Crippen LogP) is 1.60. The van der Waals surface area contributed by atoms with Crippen LogP contribution in [0.3, 0.4) is 0 Å². The van der Waals surface area contributed by atoms with E-state index in [-0.39, 0.29) is 24.8 Å². The lowest BCUT2D eigenvalue weighted by atomic mass is 9.88. The van der Waals surface area contributed by atoms with Crippen LogP contribution in [0, 0.1) is 5.92 Å². The SMILES string of the molecule is O=C1c2ccccc2SC2=C(O)C=CC(OCCN(CCO)CCO)C12. The van der Waals surface area contributed by atoms with Gasteiger partial charge in [0.2, 0.25) is 0 Å². The molecule has 1 aliphatic heterocycles. The minimum atomic E-state index is -0.538. The van der Waals surface area contributed by atoms with E-state index >= 15 is 0 Å². The molecule has 0 spiro atoms. The number of carbonyl (C=O) groups excluding carboxylic acids is 1. The minimum Gasteiger partial charge on any atom is -0.507 e. The summed E-state index contributed by atoms with van der Waals surface area (Å²) in [7, 11) is 0. The molecule has 1 aromatic carbocycles. The average Bonchev–Trinajstić information content (AvgIpc) is 2.64. The van der Waals surface area contributed by atoms with E-state index in [2.05, 4.69) is 0 Å². The van der Waals surface area contributed by atoms with Crippen molar-refractivity contribution in [2.75, 3.05) is 39.5 Å². The van der Waals surface area contributed by atoms with E-state index in [1.165, 1.54) is 11.8 Å². The number of nitrogens with zero attached hydrogens (tertiary/aromatic N) is 1. The lowest BCUT2D eigenvalue weighted by molar-refractivity contribution is 0.0317. The number of hydrogen-bond donors (Lipinski definition) is 3. The fourth-order valence-corrected chi connectivity index (χ4v) is 4.41. The maximum Gasteiger partial charge on any atom is 0.175 e. The number of hydrogen-bond acceptors (Lipinski definition) is 7. The molecule has 1 heterocycles. The first-order valence-electron chi connectivity index (χ1n) is 8.63. The molecule has 2 aliphatic rings. The third-order valence-electron chi connectivity index (χ3n) is 4.51. The summed E-state index contributed by atoms with van der Waals surface area (Å²) in [6, 6.07) is 7.39. The lowest BCUT2D eigenvalue weighted by Crippen LogP contribution is -2.38. The van der Waals surface area contributed by atoms with Crippen LogP contribution in [0.2, 0.25) is 0 Å².